The minimum Gasteiger partial charge on any atom is -0.479 e. The Bertz CT molecular complexity index is 939. The molecule has 0 spiro atoms. The molecule has 0 radical (unpaired) electrons. The van der Waals surface area contributed by atoms with E-state index in [9.17, 15) is 19.5 Å². The Morgan fingerprint density at radius 3 is 2.31 bits per heavy atom. The molecule has 1 aromatic rings. The van der Waals surface area contributed by atoms with Crippen LogP contribution in [0.1, 0.15) is 85.3 Å². The average Bonchev–Trinajstić information content (AvgIpc) is 2.91. The van der Waals surface area contributed by atoms with E-state index in [2.05, 4.69) is 18.5 Å². The van der Waals surface area contributed by atoms with Crippen molar-refractivity contribution in [1.82, 2.24) is 10.2 Å². The summed E-state index contributed by atoms with van der Waals surface area (Å²) in [5, 5.41) is 12.5. The number of carbonyl (C=O) groups is 3. The molecule has 3 unspecified atom stereocenters. The number of nitrogens with one attached hydrogen (secondary N) is 1. The molecule has 0 aliphatic carbocycles. The lowest BCUT2D eigenvalue weighted by molar-refractivity contribution is -0.147. The summed E-state index contributed by atoms with van der Waals surface area (Å²) in [6.07, 6.45) is 3.40. The van der Waals surface area contributed by atoms with Gasteiger partial charge >= 0.3 is 18.2 Å². The highest BCUT2D eigenvalue weighted by Gasteiger charge is 2.46. The van der Waals surface area contributed by atoms with Gasteiger partial charge in [0.2, 0.25) is 0 Å². The van der Waals surface area contributed by atoms with Gasteiger partial charge < -0.3 is 24.8 Å². The predicted molar refractivity (Wildman–Crippen MR) is 157 cm³/mol. The second kappa shape index (κ2) is 17.3. The van der Waals surface area contributed by atoms with Gasteiger partial charge in [0, 0.05) is 12.5 Å². The molecule has 1 heterocycles. The van der Waals surface area contributed by atoms with Crippen molar-refractivity contribution in [2.24, 2.45) is 5.92 Å². The van der Waals surface area contributed by atoms with Crippen LogP contribution in [0.25, 0.3) is 0 Å². The quantitative estimate of drug-likeness (QED) is 0.325. The SMILES string of the molecule is C=CCc1ccccc1C(COC(=O)NC1(C(=O)O)CCCN(C(=O)OC(C)(C)C)C1)C(C)C=C.CC.CC. The van der Waals surface area contributed by atoms with Gasteiger partial charge in [0.15, 0.2) is 5.54 Å². The van der Waals surface area contributed by atoms with Gasteiger partial charge in [-0.25, -0.2) is 14.4 Å². The van der Waals surface area contributed by atoms with Crippen LogP contribution in [-0.4, -0.2) is 59.0 Å². The first-order chi connectivity index (χ1) is 18.4. The highest BCUT2D eigenvalue weighted by molar-refractivity contribution is 5.85. The van der Waals surface area contributed by atoms with Gasteiger partial charge in [-0.3, -0.25) is 0 Å². The fourth-order valence-electron chi connectivity index (χ4n) is 4.19. The Morgan fingerprint density at radius 1 is 1.15 bits per heavy atom. The van der Waals surface area contributed by atoms with E-state index >= 15 is 0 Å². The van der Waals surface area contributed by atoms with Crippen molar-refractivity contribution in [2.75, 3.05) is 19.7 Å². The number of hydrogen-bond donors (Lipinski definition) is 2. The fraction of sp³-hybridized carbons (Fsp3) is 0.581. The third kappa shape index (κ3) is 11.2. The van der Waals surface area contributed by atoms with Crippen molar-refractivity contribution in [3.05, 3.63) is 60.7 Å². The molecule has 2 amide bonds. The number of benzene rings is 1. The first-order valence-electron chi connectivity index (χ1n) is 13.9. The summed E-state index contributed by atoms with van der Waals surface area (Å²) in [6.45, 7) is 23.1. The maximum atomic E-state index is 12.8. The van der Waals surface area contributed by atoms with Crippen molar-refractivity contribution < 1.29 is 29.0 Å². The molecule has 2 rings (SSSR count). The number of rotatable bonds is 9. The molecule has 1 aliphatic rings. The minimum absolute atomic E-state index is 0.000426. The largest absolute Gasteiger partial charge is 0.479 e. The van der Waals surface area contributed by atoms with Crippen molar-refractivity contribution in [2.45, 2.75) is 91.7 Å². The van der Waals surface area contributed by atoms with Crippen molar-refractivity contribution >= 4 is 18.2 Å². The molecule has 0 saturated carbocycles. The molecule has 0 aromatic heterocycles. The van der Waals surface area contributed by atoms with Crippen LogP contribution in [0.15, 0.2) is 49.6 Å². The number of nitrogens with zero attached hydrogens (tertiary/aromatic N) is 1. The molecule has 220 valence electrons. The number of aliphatic carboxylic acids is 1. The zero-order chi connectivity index (χ0) is 30.2. The first kappa shape index (κ1) is 35.7. The van der Waals surface area contributed by atoms with E-state index in [-0.39, 0.29) is 31.4 Å². The number of ether oxygens (including phenoxy) is 2. The molecule has 39 heavy (non-hydrogen) atoms. The lowest BCUT2D eigenvalue weighted by atomic mass is 9.84. The van der Waals surface area contributed by atoms with Crippen LogP contribution in [0, 0.1) is 5.92 Å². The van der Waals surface area contributed by atoms with Crippen molar-refractivity contribution in [3.8, 4) is 0 Å². The highest BCUT2D eigenvalue weighted by Crippen LogP contribution is 2.30. The molecule has 2 N–H and O–H groups in total. The van der Waals surface area contributed by atoms with E-state index < -0.39 is 29.3 Å². The van der Waals surface area contributed by atoms with Crippen LogP contribution in [0.2, 0.25) is 0 Å². The lowest BCUT2D eigenvalue weighted by Crippen LogP contribution is -2.64. The van der Waals surface area contributed by atoms with Crippen LogP contribution < -0.4 is 5.32 Å². The van der Waals surface area contributed by atoms with Crippen molar-refractivity contribution in [1.29, 1.82) is 0 Å². The number of carboxylic acid groups (broad SMARTS) is 1. The molecule has 1 saturated heterocycles. The first-order valence-corrected chi connectivity index (χ1v) is 13.9. The molecule has 1 aliphatic heterocycles. The number of carboxylic acids is 1. The van der Waals surface area contributed by atoms with Crippen LogP contribution in [0.5, 0.6) is 0 Å². The number of piperidine rings is 1. The number of hydrogen-bond acceptors (Lipinski definition) is 5. The lowest BCUT2D eigenvalue weighted by Gasteiger charge is -2.40. The molecule has 8 nitrogen and oxygen atoms in total. The van der Waals surface area contributed by atoms with Crippen molar-refractivity contribution in [3.63, 3.8) is 0 Å². The summed E-state index contributed by atoms with van der Waals surface area (Å²) < 4.78 is 10.9. The van der Waals surface area contributed by atoms with Gasteiger partial charge in [-0.15, -0.1) is 13.2 Å². The molecule has 8 heteroatoms. The smallest absolute Gasteiger partial charge is 0.410 e. The fourth-order valence-corrected chi connectivity index (χ4v) is 4.19. The van der Waals surface area contributed by atoms with E-state index in [1.807, 2.05) is 65.0 Å². The summed E-state index contributed by atoms with van der Waals surface area (Å²) in [5.74, 6) is -1.39. The summed E-state index contributed by atoms with van der Waals surface area (Å²) >= 11 is 0. The summed E-state index contributed by atoms with van der Waals surface area (Å²) in [6, 6.07) is 7.87. The molecule has 0 bridgehead atoms. The van der Waals surface area contributed by atoms with E-state index in [1.165, 1.54) is 4.90 Å². The van der Waals surface area contributed by atoms with E-state index in [4.69, 9.17) is 9.47 Å². The highest BCUT2D eigenvalue weighted by atomic mass is 16.6. The number of likely N-dealkylation sites (tertiary alicyclic amines) is 1. The Labute approximate surface area is 235 Å². The van der Waals surface area contributed by atoms with Crippen LogP contribution in [0.4, 0.5) is 9.59 Å². The zero-order valence-corrected chi connectivity index (χ0v) is 25.2. The topological polar surface area (TPSA) is 105 Å². The summed E-state index contributed by atoms with van der Waals surface area (Å²) in [5.41, 5.74) is -0.278. The maximum absolute atomic E-state index is 12.8. The molecule has 3 atom stereocenters. The molecule has 1 fully saturated rings. The second-order valence-corrected chi connectivity index (χ2v) is 10.0. The average molecular weight is 547 g/mol. The molecule has 1 aromatic carbocycles. The molecular weight excluding hydrogens is 496 g/mol. The van der Waals surface area contributed by atoms with Gasteiger partial charge in [0.05, 0.1) is 6.54 Å². The summed E-state index contributed by atoms with van der Waals surface area (Å²) in [7, 11) is 0. The third-order valence-electron chi connectivity index (χ3n) is 6.11. The van der Waals surface area contributed by atoms with Gasteiger partial charge in [0.25, 0.3) is 0 Å². The third-order valence-corrected chi connectivity index (χ3v) is 6.11. The second-order valence-electron chi connectivity index (χ2n) is 10.0. The van der Waals surface area contributed by atoms with Gasteiger partial charge in [-0.1, -0.05) is 71.0 Å². The standard InChI is InChI=1S/C27H38N2O6.2C2H6/c1-7-12-20-13-9-10-14-21(20)22(19(3)8-2)17-34-24(32)28-27(23(30)31)15-11-16-29(18-27)25(33)35-26(4,5)6;2*1-2/h7-10,13-14,19,22H,1-2,11-12,15-18H2,3-6H3,(H,28,32)(H,30,31);2*1-2H3. The van der Waals surface area contributed by atoms with Gasteiger partial charge in [-0.05, 0) is 57.1 Å². The monoisotopic (exact) mass is 546 g/mol. The van der Waals surface area contributed by atoms with E-state index in [0.29, 0.717) is 19.4 Å². The van der Waals surface area contributed by atoms with Gasteiger partial charge in [-0.2, -0.15) is 0 Å². The van der Waals surface area contributed by atoms with Crippen LogP contribution in [0.3, 0.4) is 0 Å². The Hall–Kier alpha value is -3.29. The Morgan fingerprint density at radius 2 is 1.77 bits per heavy atom. The Kier molecular flexibility index (Phi) is 15.9. The molecular formula is C31H50N2O6. The maximum Gasteiger partial charge on any atom is 0.410 e. The number of carbonyl (C=O) groups excluding carboxylic acids is 2. The van der Waals surface area contributed by atoms with Crippen LogP contribution in [-0.2, 0) is 20.7 Å². The number of alkyl carbamates (subject to hydrolysis) is 1. The number of amides is 2. The predicted octanol–water partition coefficient (Wildman–Crippen LogP) is 6.95. The van der Waals surface area contributed by atoms with Crippen LogP contribution >= 0.6 is 0 Å². The van der Waals surface area contributed by atoms with E-state index in [1.54, 1.807) is 26.8 Å². The minimum atomic E-state index is -1.66. The van der Waals surface area contributed by atoms with Gasteiger partial charge in [0.1, 0.15) is 12.2 Å². The van der Waals surface area contributed by atoms with E-state index in [0.717, 1.165) is 11.1 Å². The zero-order valence-electron chi connectivity index (χ0n) is 25.2. The Balaban J connectivity index is 0.00000344. The summed E-state index contributed by atoms with van der Waals surface area (Å²) in [4.78, 5) is 38.9. The number of allylic oxidation sites excluding steroid dienone is 2. The normalized spacial score (nSPS) is 18.0.